The number of hydrogen-bond acceptors (Lipinski definition) is 1. The molecule has 0 radical (unpaired) electrons. The van der Waals surface area contributed by atoms with E-state index in [-0.39, 0.29) is 6.04 Å². The maximum atomic E-state index is 13.0. The third kappa shape index (κ3) is 3.63. The minimum Gasteiger partial charge on any atom is -0.313 e. The third-order valence-corrected chi connectivity index (χ3v) is 2.45. The van der Waals surface area contributed by atoms with Crippen LogP contribution < -0.4 is 5.32 Å². The largest absolute Gasteiger partial charge is 0.313 e. The van der Waals surface area contributed by atoms with Crippen LogP contribution in [-0.4, -0.2) is 7.05 Å². The van der Waals surface area contributed by atoms with E-state index >= 15 is 0 Å². The van der Waals surface area contributed by atoms with Crippen LogP contribution in [0, 0.1) is 24.0 Å². The van der Waals surface area contributed by atoms with E-state index in [4.69, 9.17) is 6.42 Å². The third-order valence-electron chi connectivity index (χ3n) is 2.45. The van der Waals surface area contributed by atoms with Gasteiger partial charge in [-0.15, -0.1) is 12.3 Å². The minimum atomic E-state index is -0.549. The molecule has 1 nitrogen and oxygen atoms in total. The van der Waals surface area contributed by atoms with Gasteiger partial charge in [-0.3, -0.25) is 0 Å². The number of unbranched alkanes of at least 4 members (excludes halogenated alkanes) is 1. The van der Waals surface area contributed by atoms with E-state index < -0.39 is 11.6 Å². The second kappa shape index (κ2) is 6.24. The zero-order chi connectivity index (χ0) is 12.0. The fourth-order valence-corrected chi connectivity index (χ4v) is 1.66. The summed E-state index contributed by atoms with van der Waals surface area (Å²) >= 11 is 0. The van der Waals surface area contributed by atoms with E-state index in [0.717, 1.165) is 18.9 Å². The van der Waals surface area contributed by atoms with Crippen molar-refractivity contribution in [2.24, 2.45) is 0 Å². The smallest absolute Gasteiger partial charge is 0.126 e. The first-order chi connectivity index (χ1) is 7.67. The highest BCUT2D eigenvalue weighted by atomic mass is 19.1. The maximum Gasteiger partial charge on any atom is 0.126 e. The number of halogens is 2. The molecule has 3 heteroatoms. The van der Waals surface area contributed by atoms with Crippen molar-refractivity contribution in [3.63, 3.8) is 0 Å². The van der Waals surface area contributed by atoms with Gasteiger partial charge >= 0.3 is 0 Å². The molecule has 1 aromatic carbocycles. The molecule has 0 aliphatic rings. The minimum absolute atomic E-state index is 0.0569. The van der Waals surface area contributed by atoms with Crippen molar-refractivity contribution in [1.82, 2.24) is 5.32 Å². The summed E-state index contributed by atoms with van der Waals surface area (Å²) in [6.07, 6.45) is 7.43. The summed E-state index contributed by atoms with van der Waals surface area (Å²) in [4.78, 5) is 0. The summed E-state index contributed by atoms with van der Waals surface area (Å²) in [6, 6.07) is 3.51. The van der Waals surface area contributed by atoms with Crippen LogP contribution in [-0.2, 0) is 0 Å². The molecule has 16 heavy (non-hydrogen) atoms. The molecule has 0 aliphatic heterocycles. The quantitative estimate of drug-likeness (QED) is 0.597. The molecule has 0 amide bonds. The first kappa shape index (κ1) is 12.7. The highest BCUT2D eigenvalue weighted by Crippen LogP contribution is 2.20. The zero-order valence-electron chi connectivity index (χ0n) is 9.26. The highest BCUT2D eigenvalue weighted by Gasteiger charge is 2.11. The van der Waals surface area contributed by atoms with Crippen LogP contribution in [0.5, 0.6) is 0 Å². The van der Waals surface area contributed by atoms with Gasteiger partial charge in [0.15, 0.2) is 0 Å². The van der Waals surface area contributed by atoms with Gasteiger partial charge in [0.2, 0.25) is 0 Å². The number of terminal acetylenes is 1. The first-order valence-corrected chi connectivity index (χ1v) is 5.24. The molecule has 86 valence electrons. The lowest BCUT2D eigenvalue weighted by Gasteiger charge is -2.16. The van der Waals surface area contributed by atoms with Gasteiger partial charge in [-0.1, -0.05) is 0 Å². The zero-order valence-corrected chi connectivity index (χ0v) is 9.26. The number of nitrogens with one attached hydrogen (secondary N) is 1. The van der Waals surface area contributed by atoms with Crippen molar-refractivity contribution in [3.05, 3.63) is 35.4 Å². The molecule has 1 atom stereocenters. The van der Waals surface area contributed by atoms with Crippen molar-refractivity contribution >= 4 is 0 Å². The van der Waals surface area contributed by atoms with E-state index in [1.54, 1.807) is 7.05 Å². The fraction of sp³-hybridized carbons (Fsp3) is 0.385. The maximum absolute atomic E-state index is 13.0. The SMILES string of the molecule is C#CCCCC(NC)c1cc(F)cc(F)c1. The van der Waals surface area contributed by atoms with E-state index in [0.29, 0.717) is 12.0 Å². The van der Waals surface area contributed by atoms with Gasteiger partial charge in [-0.2, -0.15) is 0 Å². The lowest BCUT2D eigenvalue weighted by atomic mass is 10.0. The molecule has 0 saturated heterocycles. The van der Waals surface area contributed by atoms with Crippen LogP contribution >= 0.6 is 0 Å². The Bertz CT molecular complexity index is 362. The van der Waals surface area contributed by atoms with E-state index in [9.17, 15) is 8.78 Å². The van der Waals surface area contributed by atoms with Gasteiger partial charge in [0.05, 0.1) is 0 Å². The molecule has 0 fully saturated rings. The highest BCUT2D eigenvalue weighted by molar-refractivity contribution is 5.21. The Labute approximate surface area is 94.9 Å². The van der Waals surface area contributed by atoms with Crippen LogP contribution in [0.15, 0.2) is 18.2 Å². The van der Waals surface area contributed by atoms with Gasteiger partial charge in [-0.25, -0.2) is 8.78 Å². The lowest BCUT2D eigenvalue weighted by Crippen LogP contribution is -2.16. The first-order valence-electron chi connectivity index (χ1n) is 5.24. The fourth-order valence-electron chi connectivity index (χ4n) is 1.66. The van der Waals surface area contributed by atoms with Crippen molar-refractivity contribution in [2.45, 2.75) is 25.3 Å². The van der Waals surface area contributed by atoms with Gasteiger partial charge < -0.3 is 5.32 Å². The standard InChI is InChI=1S/C13H15F2N/c1-3-4-5-6-13(16-2)10-7-11(14)9-12(15)8-10/h1,7-9,13,16H,4-6H2,2H3. The van der Waals surface area contributed by atoms with Crippen LogP contribution in [0.1, 0.15) is 30.9 Å². The molecule has 0 aromatic heterocycles. The van der Waals surface area contributed by atoms with Gasteiger partial charge in [0, 0.05) is 18.5 Å². The summed E-state index contributed by atoms with van der Waals surface area (Å²) in [5, 5.41) is 3.03. The van der Waals surface area contributed by atoms with Crippen molar-refractivity contribution in [3.8, 4) is 12.3 Å². The molecular formula is C13H15F2N. The second-order valence-corrected chi connectivity index (χ2v) is 3.64. The summed E-state index contributed by atoms with van der Waals surface area (Å²) in [7, 11) is 1.77. The summed E-state index contributed by atoms with van der Waals surface area (Å²) in [5.74, 6) is 1.45. The van der Waals surface area contributed by atoms with E-state index in [2.05, 4.69) is 11.2 Å². The average molecular weight is 223 g/mol. The Morgan fingerprint density at radius 2 is 1.94 bits per heavy atom. The Hall–Kier alpha value is -1.40. The second-order valence-electron chi connectivity index (χ2n) is 3.64. The molecular weight excluding hydrogens is 208 g/mol. The topological polar surface area (TPSA) is 12.0 Å². The molecule has 1 rings (SSSR count). The Kier molecular flexibility index (Phi) is 4.94. The van der Waals surface area contributed by atoms with Crippen LogP contribution in [0.25, 0.3) is 0 Å². The monoisotopic (exact) mass is 223 g/mol. The van der Waals surface area contributed by atoms with E-state index in [1.807, 2.05) is 0 Å². The molecule has 1 unspecified atom stereocenters. The van der Waals surface area contributed by atoms with Crippen molar-refractivity contribution < 1.29 is 8.78 Å². The molecule has 0 spiro atoms. The summed E-state index contributed by atoms with van der Waals surface area (Å²) < 4.78 is 26.0. The Morgan fingerprint density at radius 1 is 1.31 bits per heavy atom. The molecule has 0 aliphatic carbocycles. The predicted octanol–water partition coefficient (Wildman–Crippen LogP) is 3.03. The average Bonchev–Trinajstić information content (AvgIpc) is 2.23. The van der Waals surface area contributed by atoms with Gasteiger partial charge in [0.1, 0.15) is 11.6 Å². The Morgan fingerprint density at radius 3 is 2.44 bits per heavy atom. The molecule has 1 N–H and O–H groups in total. The van der Waals surface area contributed by atoms with Crippen LogP contribution in [0.4, 0.5) is 8.78 Å². The van der Waals surface area contributed by atoms with Crippen molar-refractivity contribution in [1.29, 1.82) is 0 Å². The molecule has 0 saturated carbocycles. The number of hydrogen-bond donors (Lipinski definition) is 1. The molecule has 0 heterocycles. The van der Waals surface area contributed by atoms with Gasteiger partial charge in [0.25, 0.3) is 0 Å². The number of rotatable bonds is 5. The van der Waals surface area contributed by atoms with Crippen LogP contribution in [0.3, 0.4) is 0 Å². The molecule has 0 bridgehead atoms. The van der Waals surface area contributed by atoms with Crippen LogP contribution in [0.2, 0.25) is 0 Å². The summed E-state index contributed by atoms with van der Waals surface area (Å²) in [6.45, 7) is 0. The lowest BCUT2D eigenvalue weighted by molar-refractivity contribution is 0.516. The molecule has 1 aromatic rings. The normalized spacial score (nSPS) is 12.1. The predicted molar refractivity (Wildman–Crippen MR) is 60.8 cm³/mol. The summed E-state index contributed by atoms with van der Waals surface area (Å²) in [5.41, 5.74) is 0.622. The van der Waals surface area contributed by atoms with Gasteiger partial charge in [-0.05, 0) is 37.6 Å². The number of benzene rings is 1. The van der Waals surface area contributed by atoms with Crippen molar-refractivity contribution in [2.75, 3.05) is 7.05 Å². The van der Waals surface area contributed by atoms with E-state index in [1.165, 1.54) is 12.1 Å². The Balaban J connectivity index is 2.74.